The first-order valence-electron chi connectivity index (χ1n) is 8.39. The molecule has 1 saturated carbocycles. The Balaban J connectivity index is 1.85. The molecule has 6 nitrogen and oxygen atoms in total. The van der Waals surface area contributed by atoms with Gasteiger partial charge in [-0.15, -0.1) is 0 Å². The Hall–Kier alpha value is -2.50. The molecule has 0 spiro atoms. The monoisotopic (exact) mass is 326 g/mol. The van der Waals surface area contributed by atoms with Crippen LogP contribution in [0.3, 0.4) is 0 Å². The van der Waals surface area contributed by atoms with Gasteiger partial charge in [-0.25, -0.2) is 9.67 Å². The third kappa shape index (κ3) is 2.25. The van der Waals surface area contributed by atoms with Crippen LogP contribution in [0.5, 0.6) is 11.5 Å². The molecule has 0 unspecified atom stereocenters. The van der Waals surface area contributed by atoms with Gasteiger partial charge < -0.3 is 14.5 Å². The van der Waals surface area contributed by atoms with E-state index in [2.05, 4.69) is 9.67 Å². The van der Waals surface area contributed by atoms with E-state index >= 15 is 0 Å². The molecule has 0 amide bonds. The van der Waals surface area contributed by atoms with Gasteiger partial charge in [0.15, 0.2) is 17.1 Å². The number of ether oxygens (including phenoxy) is 2. The first-order valence-corrected chi connectivity index (χ1v) is 8.39. The molecule has 24 heavy (non-hydrogen) atoms. The van der Waals surface area contributed by atoms with Crippen LogP contribution in [0.25, 0.3) is 22.6 Å². The lowest BCUT2D eigenvalue weighted by Crippen LogP contribution is -2.07. The standard InChI is InChI=1S/C18H22N4O2/c1-11-15-18(22(21-11)12-7-4-5-8-12)20-17(19-15)13-9-6-10-14(23-2)16(13)24-3/h6,9-10,12H,4-5,7-8H2,1-3H3,(H,19,20). The fraction of sp³-hybridized carbons (Fsp3) is 0.444. The van der Waals surface area contributed by atoms with Crippen molar-refractivity contribution >= 4 is 11.2 Å². The van der Waals surface area contributed by atoms with E-state index in [1.54, 1.807) is 14.2 Å². The van der Waals surface area contributed by atoms with Crippen molar-refractivity contribution in [2.45, 2.75) is 38.6 Å². The van der Waals surface area contributed by atoms with Gasteiger partial charge >= 0.3 is 0 Å². The Morgan fingerprint density at radius 3 is 2.67 bits per heavy atom. The molecule has 0 saturated heterocycles. The number of rotatable bonds is 4. The zero-order chi connectivity index (χ0) is 16.7. The van der Waals surface area contributed by atoms with Crippen molar-refractivity contribution in [1.29, 1.82) is 0 Å². The van der Waals surface area contributed by atoms with Crippen molar-refractivity contribution in [3.63, 3.8) is 0 Å². The Kier molecular flexibility index (Phi) is 3.67. The van der Waals surface area contributed by atoms with Crippen LogP contribution in [0.1, 0.15) is 37.4 Å². The summed E-state index contributed by atoms with van der Waals surface area (Å²) in [6.45, 7) is 2.03. The van der Waals surface area contributed by atoms with Crippen molar-refractivity contribution in [2.75, 3.05) is 14.2 Å². The number of fused-ring (bicyclic) bond motifs is 1. The molecule has 1 aliphatic carbocycles. The van der Waals surface area contributed by atoms with Crippen LogP contribution in [-0.2, 0) is 0 Å². The third-order valence-electron chi connectivity index (χ3n) is 4.85. The quantitative estimate of drug-likeness (QED) is 0.790. The highest BCUT2D eigenvalue weighted by atomic mass is 16.5. The highest BCUT2D eigenvalue weighted by Crippen LogP contribution is 2.38. The number of methoxy groups -OCH3 is 2. The van der Waals surface area contributed by atoms with Gasteiger partial charge in [0.1, 0.15) is 11.3 Å². The average Bonchev–Trinajstić information content (AvgIpc) is 3.32. The highest BCUT2D eigenvalue weighted by Gasteiger charge is 2.24. The van der Waals surface area contributed by atoms with Crippen LogP contribution in [0.15, 0.2) is 18.2 Å². The van der Waals surface area contributed by atoms with Crippen molar-refractivity contribution in [1.82, 2.24) is 19.7 Å². The lowest BCUT2D eigenvalue weighted by molar-refractivity contribution is 0.356. The fourth-order valence-electron chi connectivity index (χ4n) is 3.65. The maximum absolute atomic E-state index is 5.55. The van der Waals surface area contributed by atoms with E-state index < -0.39 is 0 Å². The molecule has 3 aromatic rings. The van der Waals surface area contributed by atoms with E-state index in [0.717, 1.165) is 28.2 Å². The second-order valence-electron chi connectivity index (χ2n) is 6.29. The molecule has 1 aromatic carbocycles. The number of H-pyrrole nitrogens is 1. The van der Waals surface area contributed by atoms with Crippen LogP contribution in [0, 0.1) is 6.92 Å². The summed E-state index contributed by atoms with van der Waals surface area (Å²) in [4.78, 5) is 8.26. The number of aryl methyl sites for hydroxylation is 1. The number of hydrogen-bond donors (Lipinski definition) is 1. The molecule has 0 bridgehead atoms. The number of aromatic amines is 1. The Labute approximate surface area is 140 Å². The molecule has 1 aliphatic rings. The normalized spacial score (nSPS) is 15.3. The summed E-state index contributed by atoms with van der Waals surface area (Å²) >= 11 is 0. The maximum Gasteiger partial charge on any atom is 0.177 e. The topological polar surface area (TPSA) is 65.0 Å². The van der Waals surface area contributed by atoms with Gasteiger partial charge in [-0.05, 0) is 31.9 Å². The van der Waals surface area contributed by atoms with Gasteiger partial charge in [-0.2, -0.15) is 5.10 Å². The zero-order valence-electron chi connectivity index (χ0n) is 14.3. The van der Waals surface area contributed by atoms with Crippen LogP contribution < -0.4 is 9.47 Å². The Bertz CT molecular complexity index is 875. The molecule has 0 atom stereocenters. The average molecular weight is 326 g/mol. The molecule has 2 aromatic heterocycles. The Morgan fingerprint density at radius 1 is 1.17 bits per heavy atom. The van der Waals surface area contributed by atoms with E-state index in [9.17, 15) is 0 Å². The number of hydrogen-bond acceptors (Lipinski definition) is 4. The smallest absolute Gasteiger partial charge is 0.177 e. The van der Waals surface area contributed by atoms with Crippen LogP contribution >= 0.6 is 0 Å². The van der Waals surface area contributed by atoms with Gasteiger partial charge in [-0.1, -0.05) is 18.9 Å². The van der Waals surface area contributed by atoms with Gasteiger partial charge in [0.05, 0.1) is 31.5 Å². The first-order chi connectivity index (χ1) is 11.7. The van der Waals surface area contributed by atoms with Gasteiger partial charge in [0, 0.05) is 0 Å². The van der Waals surface area contributed by atoms with E-state index in [-0.39, 0.29) is 0 Å². The number of aromatic nitrogens is 4. The molecule has 0 radical (unpaired) electrons. The minimum absolute atomic E-state index is 0.463. The van der Waals surface area contributed by atoms with Gasteiger partial charge in [-0.3, -0.25) is 0 Å². The predicted octanol–water partition coefficient (Wildman–Crippen LogP) is 3.87. The minimum atomic E-state index is 0.463. The number of nitrogens with one attached hydrogen (secondary N) is 1. The second-order valence-corrected chi connectivity index (χ2v) is 6.29. The summed E-state index contributed by atoms with van der Waals surface area (Å²) in [7, 11) is 3.29. The second kappa shape index (κ2) is 5.85. The van der Waals surface area contributed by atoms with Gasteiger partial charge in [0.25, 0.3) is 0 Å². The van der Waals surface area contributed by atoms with Crippen molar-refractivity contribution < 1.29 is 9.47 Å². The highest BCUT2D eigenvalue weighted by molar-refractivity contribution is 5.81. The van der Waals surface area contributed by atoms with E-state index in [0.29, 0.717) is 17.5 Å². The SMILES string of the molecule is COc1cccc(-c2nc3c([nH]2)c(C)nn3C2CCCC2)c1OC. The number of imidazole rings is 1. The molecule has 2 heterocycles. The predicted molar refractivity (Wildman–Crippen MR) is 92.7 cm³/mol. The molecular formula is C18H22N4O2. The summed E-state index contributed by atoms with van der Waals surface area (Å²) in [5.74, 6) is 2.17. The summed E-state index contributed by atoms with van der Waals surface area (Å²) < 4.78 is 13.0. The minimum Gasteiger partial charge on any atom is -0.493 e. The molecule has 0 aliphatic heterocycles. The lowest BCUT2D eigenvalue weighted by atomic mass is 10.1. The lowest BCUT2D eigenvalue weighted by Gasteiger charge is -2.11. The molecule has 1 N–H and O–H groups in total. The number of nitrogens with zero attached hydrogens (tertiary/aromatic N) is 3. The molecule has 4 rings (SSSR count). The van der Waals surface area contributed by atoms with E-state index in [4.69, 9.17) is 19.6 Å². The van der Waals surface area contributed by atoms with Crippen LogP contribution in [0.2, 0.25) is 0 Å². The van der Waals surface area contributed by atoms with E-state index in [1.165, 1.54) is 25.7 Å². The van der Waals surface area contributed by atoms with Crippen molar-refractivity contribution in [3.8, 4) is 22.9 Å². The molecule has 126 valence electrons. The van der Waals surface area contributed by atoms with Crippen molar-refractivity contribution in [2.24, 2.45) is 0 Å². The maximum atomic E-state index is 5.55. The molecule has 1 fully saturated rings. The first kappa shape index (κ1) is 15.1. The summed E-state index contributed by atoms with van der Waals surface area (Å²) in [5.41, 5.74) is 3.81. The summed E-state index contributed by atoms with van der Waals surface area (Å²) in [6.07, 6.45) is 4.90. The van der Waals surface area contributed by atoms with Crippen LogP contribution in [0.4, 0.5) is 0 Å². The fourth-order valence-corrected chi connectivity index (χ4v) is 3.65. The Morgan fingerprint density at radius 2 is 1.96 bits per heavy atom. The number of benzene rings is 1. The van der Waals surface area contributed by atoms with Crippen molar-refractivity contribution in [3.05, 3.63) is 23.9 Å². The zero-order valence-corrected chi connectivity index (χ0v) is 14.3. The largest absolute Gasteiger partial charge is 0.493 e. The molecular weight excluding hydrogens is 304 g/mol. The number of para-hydroxylation sites is 1. The van der Waals surface area contributed by atoms with Crippen LogP contribution in [-0.4, -0.2) is 34.0 Å². The third-order valence-corrected chi connectivity index (χ3v) is 4.85. The van der Waals surface area contributed by atoms with Gasteiger partial charge in [0.2, 0.25) is 0 Å². The van der Waals surface area contributed by atoms with E-state index in [1.807, 2.05) is 25.1 Å². The molecule has 6 heteroatoms. The summed E-state index contributed by atoms with van der Waals surface area (Å²) in [6, 6.07) is 6.28. The summed E-state index contributed by atoms with van der Waals surface area (Å²) in [5, 5.41) is 4.71.